The van der Waals surface area contributed by atoms with Crippen LogP contribution in [0.25, 0.3) is 0 Å². The number of ketones is 1. The maximum Gasteiger partial charge on any atom is 0.287 e. The molecule has 4 aliphatic rings. The van der Waals surface area contributed by atoms with Crippen LogP contribution in [-0.2, 0) is 19.2 Å². The molecule has 10 nitrogen and oxygen atoms in total. The predicted octanol–water partition coefficient (Wildman–Crippen LogP) is 1.06. The van der Waals surface area contributed by atoms with Gasteiger partial charge in [0.1, 0.15) is 6.04 Å². The van der Waals surface area contributed by atoms with E-state index in [4.69, 9.17) is 5.73 Å². The van der Waals surface area contributed by atoms with Crippen LogP contribution in [0.4, 0.5) is 0 Å². The molecular weight excluding hydrogens is 498 g/mol. The number of fused-ring (bicyclic) bond motifs is 1. The summed E-state index contributed by atoms with van der Waals surface area (Å²) in [5.41, 5.74) is 4.44. The standard InChI is InChI=1S/C29H49N5O5/c1-27(2,3)23(31-16-32-29(15-35)11-7-6-8-12-29)26(39)34-14-18-20(28(18,4)5)21(34)25(38)33-19(13-17-9-10-17)22(36)24(30)37/h17-21,23,31-32,35H,6-16H2,1-5H3,(H2,30,37)(H,33,38)/t18-,19?,20-,21?,23+/m0/s1. The third-order valence-corrected chi connectivity index (χ3v) is 9.90. The zero-order valence-corrected chi connectivity index (χ0v) is 24.3. The van der Waals surface area contributed by atoms with Gasteiger partial charge in [0.15, 0.2) is 0 Å². The van der Waals surface area contributed by atoms with Crippen LogP contribution in [0.5, 0.6) is 0 Å². The third-order valence-electron chi connectivity index (χ3n) is 9.90. The van der Waals surface area contributed by atoms with Crippen molar-refractivity contribution >= 4 is 23.5 Å². The molecule has 6 N–H and O–H groups in total. The van der Waals surface area contributed by atoms with E-state index in [1.807, 2.05) is 20.8 Å². The average molecular weight is 548 g/mol. The smallest absolute Gasteiger partial charge is 0.287 e. The molecule has 2 unspecified atom stereocenters. The molecule has 3 saturated carbocycles. The summed E-state index contributed by atoms with van der Waals surface area (Å²) < 4.78 is 0. The van der Waals surface area contributed by atoms with Gasteiger partial charge in [0.05, 0.1) is 18.7 Å². The van der Waals surface area contributed by atoms with E-state index >= 15 is 0 Å². The number of likely N-dealkylation sites (tertiary alicyclic amines) is 1. The minimum absolute atomic E-state index is 0.00894. The Morgan fingerprint density at radius 1 is 1.08 bits per heavy atom. The number of hydrogen-bond donors (Lipinski definition) is 5. The van der Waals surface area contributed by atoms with Gasteiger partial charge >= 0.3 is 0 Å². The number of hydrogen-bond acceptors (Lipinski definition) is 7. The highest BCUT2D eigenvalue weighted by Crippen LogP contribution is 2.65. The van der Waals surface area contributed by atoms with Crippen LogP contribution in [0.2, 0.25) is 0 Å². The van der Waals surface area contributed by atoms with Gasteiger partial charge in [-0.2, -0.15) is 0 Å². The summed E-state index contributed by atoms with van der Waals surface area (Å²) in [5.74, 6) is -1.86. The van der Waals surface area contributed by atoms with Gasteiger partial charge < -0.3 is 21.1 Å². The monoisotopic (exact) mass is 547 g/mol. The Balaban J connectivity index is 1.49. The molecule has 220 valence electrons. The van der Waals surface area contributed by atoms with Crippen LogP contribution in [0.1, 0.15) is 86.0 Å². The molecule has 4 rings (SSSR count). The van der Waals surface area contributed by atoms with E-state index < -0.39 is 35.2 Å². The molecule has 1 heterocycles. The molecule has 0 radical (unpaired) electrons. The number of nitrogens with zero attached hydrogens (tertiary/aromatic N) is 1. The number of aliphatic hydroxyl groups is 1. The van der Waals surface area contributed by atoms with Crippen LogP contribution in [0, 0.1) is 28.6 Å². The number of rotatable bonds is 12. The average Bonchev–Trinajstić information content (AvgIpc) is 3.72. The second-order valence-electron chi connectivity index (χ2n) is 14.2. The normalized spacial score (nSPS) is 28.8. The number of aliphatic hydroxyl groups excluding tert-OH is 1. The van der Waals surface area contributed by atoms with Crippen molar-refractivity contribution in [2.75, 3.05) is 19.8 Å². The van der Waals surface area contributed by atoms with Gasteiger partial charge in [-0.25, -0.2) is 0 Å². The lowest BCUT2D eigenvalue weighted by Gasteiger charge is -2.40. The first-order valence-electron chi connectivity index (χ1n) is 14.8. The molecule has 4 fully saturated rings. The molecule has 0 aromatic rings. The highest BCUT2D eigenvalue weighted by atomic mass is 16.3. The molecule has 3 aliphatic carbocycles. The van der Waals surface area contributed by atoms with E-state index in [2.05, 4.69) is 29.8 Å². The lowest BCUT2D eigenvalue weighted by molar-refractivity contribution is -0.145. The van der Waals surface area contributed by atoms with Gasteiger partial charge in [-0.15, -0.1) is 0 Å². The Labute approximate surface area is 232 Å². The lowest BCUT2D eigenvalue weighted by Crippen LogP contribution is -2.62. The van der Waals surface area contributed by atoms with Crippen LogP contribution in [0.15, 0.2) is 0 Å². The number of Topliss-reactive ketones (excluding diaryl/α,β-unsaturated/α-hetero) is 1. The Bertz CT molecular complexity index is 966. The molecule has 39 heavy (non-hydrogen) atoms. The second kappa shape index (κ2) is 11.1. The summed E-state index contributed by atoms with van der Waals surface area (Å²) in [6.07, 6.45) is 7.44. The molecule has 0 aromatic carbocycles. The van der Waals surface area contributed by atoms with Crippen molar-refractivity contribution in [2.45, 2.75) is 110 Å². The first-order chi connectivity index (χ1) is 18.2. The molecule has 3 amide bonds. The van der Waals surface area contributed by atoms with Crippen molar-refractivity contribution in [3.05, 3.63) is 0 Å². The highest BCUT2D eigenvalue weighted by Gasteiger charge is 2.69. The summed E-state index contributed by atoms with van der Waals surface area (Å²) in [4.78, 5) is 53.7. The number of amides is 3. The Hall–Kier alpha value is -2.04. The van der Waals surface area contributed by atoms with Crippen molar-refractivity contribution in [1.82, 2.24) is 20.9 Å². The highest BCUT2D eigenvalue weighted by molar-refractivity contribution is 6.37. The third kappa shape index (κ3) is 6.33. The predicted molar refractivity (Wildman–Crippen MR) is 147 cm³/mol. The van der Waals surface area contributed by atoms with Crippen LogP contribution < -0.4 is 21.7 Å². The Kier molecular flexibility index (Phi) is 8.51. The zero-order chi connectivity index (χ0) is 28.8. The molecular formula is C29H49N5O5. The molecule has 10 heteroatoms. The first kappa shape index (κ1) is 29.9. The zero-order valence-electron chi connectivity index (χ0n) is 24.3. The molecule has 1 saturated heterocycles. The van der Waals surface area contributed by atoms with Crippen molar-refractivity contribution in [1.29, 1.82) is 0 Å². The van der Waals surface area contributed by atoms with Crippen LogP contribution >= 0.6 is 0 Å². The second-order valence-corrected chi connectivity index (χ2v) is 14.2. The minimum Gasteiger partial charge on any atom is -0.394 e. The molecule has 0 aromatic heterocycles. The fraction of sp³-hybridized carbons (Fsp3) is 0.862. The van der Waals surface area contributed by atoms with Gasteiger partial charge in [-0.3, -0.25) is 29.8 Å². The summed E-state index contributed by atoms with van der Waals surface area (Å²) >= 11 is 0. The van der Waals surface area contributed by atoms with Crippen LogP contribution in [0.3, 0.4) is 0 Å². The maximum atomic E-state index is 14.1. The van der Waals surface area contributed by atoms with Gasteiger partial charge in [0, 0.05) is 18.8 Å². The largest absolute Gasteiger partial charge is 0.394 e. The number of nitrogens with one attached hydrogen (secondary N) is 3. The van der Waals surface area contributed by atoms with Crippen molar-refractivity contribution in [2.24, 2.45) is 34.3 Å². The van der Waals surface area contributed by atoms with Gasteiger partial charge in [0.25, 0.3) is 5.91 Å². The summed E-state index contributed by atoms with van der Waals surface area (Å²) in [7, 11) is 0. The number of carbonyl (C=O) groups excluding carboxylic acids is 4. The molecule has 0 spiro atoms. The van der Waals surface area contributed by atoms with Gasteiger partial charge in [0.2, 0.25) is 17.6 Å². The van der Waals surface area contributed by atoms with Crippen LogP contribution in [-0.4, -0.2) is 77.0 Å². The molecule has 1 aliphatic heterocycles. The fourth-order valence-corrected chi connectivity index (χ4v) is 7.05. The number of nitrogens with two attached hydrogens (primary N) is 1. The number of primary amides is 1. The van der Waals surface area contributed by atoms with E-state index in [1.54, 1.807) is 4.90 Å². The van der Waals surface area contributed by atoms with E-state index in [0.29, 0.717) is 25.6 Å². The Morgan fingerprint density at radius 3 is 2.26 bits per heavy atom. The van der Waals surface area contributed by atoms with Crippen molar-refractivity contribution in [3.8, 4) is 0 Å². The number of carbonyl (C=O) groups is 4. The van der Waals surface area contributed by atoms with E-state index in [9.17, 15) is 24.3 Å². The number of piperidine rings is 1. The SMILES string of the molecule is CC(C)(C)[C@H](NCNC1(CO)CCCCC1)C(=O)N1C[C@H]2[C@@H](C1C(=O)NC(CC1CC1)C(=O)C(N)=O)C2(C)C. The topological polar surface area (TPSA) is 154 Å². The summed E-state index contributed by atoms with van der Waals surface area (Å²) in [5, 5.41) is 19.8. The van der Waals surface area contributed by atoms with E-state index in [1.165, 1.54) is 6.42 Å². The van der Waals surface area contributed by atoms with E-state index in [0.717, 1.165) is 38.5 Å². The van der Waals surface area contributed by atoms with Crippen molar-refractivity contribution < 1.29 is 24.3 Å². The summed E-state index contributed by atoms with van der Waals surface area (Å²) in [6.45, 7) is 11.1. The quantitative estimate of drug-likeness (QED) is 0.181. The van der Waals surface area contributed by atoms with Crippen molar-refractivity contribution in [3.63, 3.8) is 0 Å². The maximum absolute atomic E-state index is 14.1. The van der Waals surface area contributed by atoms with Gasteiger partial charge in [-0.05, 0) is 47.8 Å². The summed E-state index contributed by atoms with van der Waals surface area (Å²) in [6, 6.07) is -2.22. The first-order valence-corrected chi connectivity index (χ1v) is 14.8. The molecule has 5 atom stereocenters. The van der Waals surface area contributed by atoms with Gasteiger partial charge in [-0.1, -0.05) is 66.7 Å². The fourth-order valence-electron chi connectivity index (χ4n) is 7.05. The minimum atomic E-state index is -1.05. The lowest BCUT2D eigenvalue weighted by atomic mass is 9.82. The van der Waals surface area contributed by atoms with E-state index in [-0.39, 0.29) is 41.2 Å². The Morgan fingerprint density at radius 2 is 1.72 bits per heavy atom. The molecule has 0 bridgehead atoms.